The first-order chi connectivity index (χ1) is 7.90. The van der Waals surface area contributed by atoms with Gasteiger partial charge in [-0.2, -0.15) is 5.26 Å². The summed E-state index contributed by atoms with van der Waals surface area (Å²) in [5.74, 6) is 0.667. The lowest BCUT2D eigenvalue weighted by Crippen LogP contribution is -2.21. The first-order valence-electron chi connectivity index (χ1n) is 5.94. The number of rotatable bonds is 4. The fraction of sp³-hybridized carbons (Fsp3) is 0.615. The molecule has 1 aromatic heterocycles. The molecule has 0 saturated heterocycles. The summed E-state index contributed by atoms with van der Waals surface area (Å²) in [6.07, 6.45) is 2.84. The summed E-state index contributed by atoms with van der Waals surface area (Å²) in [7, 11) is 0. The maximum absolute atomic E-state index is 12.1. The maximum atomic E-state index is 12.1. The fourth-order valence-electron chi connectivity index (χ4n) is 1.51. The molecule has 0 spiro atoms. The molecular formula is C13H19N3O. The molecule has 1 rings (SSSR count). The molecular weight excluding hydrogens is 214 g/mol. The van der Waals surface area contributed by atoms with Crippen molar-refractivity contribution in [1.29, 1.82) is 5.26 Å². The summed E-state index contributed by atoms with van der Waals surface area (Å²) in [6.45, 7) is 7.60. The van der Waals surface area contributed by atoms with Gasteiger partial charge in [-0.25, -0.2) is 4.98 Å². The van der Waals surface area contributed by atoms with E-state index in [2.05, 4.69) is 16.9 Å². The van der Waals surface area contributed by atoms with Gasteiger partial charge in [0.05, 0.1) is 0 Å². The molecule has 1 aromatic rings. The molecule has 1 heterocycles. The standard InChI is InChI=1S/C13H19N3O/c1-5-6-7-10-15-9(8-14)11(16-10)12(17)13(2,3)4/h5-7H2,1-4H3,(H,15,16). The first-order valence-corrected chi connectivity index (χ1v) is 5.94. The van der Waals surface area contributed by atoms with E-state index in [1.165, 1.54) is 0 Å². The number of nitrogens with one attached hydrogen (secondary N) is 1. The number of aromatic amines is 1. The molecule has 0 aliphatic carbocycles. The Balaban J connectivity index is 3.04. The van der Waals surface area contributed by atoms with Crippen molar-refractivity contribution in [2.45, 2.75) is 47.0 Å². The Labute approximate surface area is 102 Å². The molecule has 92 valence electrons. The van der Waals surface area contributed by atoms with Gasteiger partial charge in [-0.3, -0.25) is 4.79 Å². The van der Waals surface area contributed by atoms with Gasteiger partial charge in [0.25, 0.3) is 0 Å². The number of carbonyl (C=O) groups excluding carboxylic acids is 1. The quantitative estimate of drug-likeness (QED) is 0.813. The number of aromatic nitrogens is 2. The van der Waals surface area contributed by atoms with Crippen molar-refractivity contribution < 1.29 is 4.79 Å². The fourth-order valence-corrected chi connectivity index (χ4v) is 1.51. The average molecular weight is 233 g/mol. The zero-order valence-corrected chi connectivity index (χ0v) is 10.9. The van der Waals surface area contributed by atoms with E-state index in [1.54, 1.807) is 0 Å². The lowest BCUT2D eigenvalue weighted by molar-refractivity contribution is 0.0853. The van der Waals surface area contributed by atoms with Gasteiger partial charge in [-0.1, -0.05) is 34.1 Å². The van der Waals surface area contributed by atoms with Gasteiger partial charge in [0.1, 0.15) is 17.6 Å². The highest BCUT2D eigenvalue weighted by Gasteiger charge is 2.27. The summed E-state index contributed by atoms with van der Waals surface area (Å²) >= 11 is 0. The van der Waals surface area contributed by atoms with Gasteiger partial charge in [0.2, 0.25) is 0 Å². The van der Waals surface area contributed by atoms with Crippen molar-refractivity contribution in [1.82, 2.24) is 9.97 Å². The van der Waals surface area contributed by atoms with Gasteiger partial charge < -0.3 is 4.98 Å². The Morgan fingerprint density at radius 1 is 1.47 bits per heavy atom. The van der Waals surface area contributed by atoms with Crippen LogP contribution in [0.1, 0.15) is 62.5 Å². The topological polar surface area (TPSA) is 69.5 Å². The van der Waals surface area contributed by atoms with Crippen molar-refractivity contribution in [2.24, 2.45) is 5.41 Å². The Morgan fingerprint density at radius 2 is 2.12 bits per heavy atom. The molecule has 1 N–H and O–H groups in total. The number of hydrogen-bond acceptors (Lipinski definition) is 3. The lowest BCUT2D eigenvalue weighted by atomic mass is 9.88. The monoisotopic (exact) mass is 233 g/mol. The molecule has 0 aliphatic heterocycles. The average Bonchev–Trinajstić information content (AvgIpc) is 2.67. The summed E-state index contributed by atoms with van der Waals surface area (Å²) in [4.78, 5) is 19.3. The number of Topliss-reactive ketones (excluding diaryl/α,β-unsaturated/α-hetero) is 1. The van der Waals surface area contributed by atoms with Crippen LogP contribution in [-0.4, -0.2) is 15.8 Å². The number of nitriles is 1. The summed E-state index contributed by atoms with van der Waals surface area (Å²) < 4.78 is 0. The molecule has 0 bridgehead atoms. The van der Waals surface area contributed by atoms with E-state index < -0.39 is 5.41 Å². The van der Waals surface area contributed by atoms with Crippen molar-refractivity contribution in [3.05, 3.63) is 17.2 Å². The van der Waals surface area contributed by atoms with Crippen molar-refractivity contribution in [3.63, 3.8) is 0 Å². The molecule has 0 radical (unpaired) electrons. The van der Waals surface area contributed by atoms with E-state index in [0.29, 0.717) is 5.69 Å². The van der Waals surface area contributed by atoms with E-state index in [0.717, 1.165) is 25.1 Å². The van der Waals surface area contributed by atoms with E-state index in [-0.39, 0.29) is 11.5 Å². The van der Waals surface area contributed by atoms with Crippen LogP contribution >= 0.6 is 0 Å². The third-order valence-electron chi connectivity index (χ3n) is 2.53. The van der Waals surface area contributed by atoms with Gasteiger partial charge in [-0.15, -0.1) is 0 Å². The third kappa shape index (κ3) is 3.16. The zero-order valence-electron chi connectivity index (χ0n) is 10.9. The van der Waals surface area contributed by atoms with Crippen LogP contribution in [0.3, 0.4) is 0 Å². The molecule has 0 atom stereocenters. The van der Waals surface area contributed by atoms with Gasteiger partial charge in [-0.05, 0) is 6.42 Å². The van der Waals surface area contributed by atoms with Crippen LogP contribution in [0.4, 0.5) is 0 Å². The van der Waals surface area contributed by atoms with Crippen LogP contribution in [-0.2, 0) is 6.42 Å². The minimum absolute atomic E-state index is 0.0655. The second kappa shape index (κ2) is 5.13. The maximum Gasteiger partial charge on any atom is 0.187 e. The number of carbonyl (C=O) groups is 1. The van der Waals surface area contributed by atoms with Crippen molar-refractivity contribution in [2.75, 3.05) is 0 Å². The summed E-state index contributed by atoms with van der Waals surface area (Å²) in [5.41, 5.74) is 0.0716. The lowest BCUT2D eigenvalue weighted by Gasteiger charge is -2.14. The Morgan fingerprint density at radius 3 is 2.59 bits per heavy atom. The predicted molar refractivity (Wildman–Crippen MR) is 65.7 cm³/mol. The van der Waals surface area contributed by atoms with Crippen LogP contribution in [0.2, 0.25) is 0 Å². The number of ketones is 1. The van der Waals surface area contributed by atoms with E-state index in [4.69, 9.17) is 5.26 Å². The van der Waals surface area contributed by atoms with Crippen LogP contribution in [0.25, 0.3) is 0 Å². The zero-order chi connectivity index (χ0) is 13.1. The van der Waals surface area contributed by atoms with Crippen molar-refractivity contribution >= 4 is 5.78 Å². The highest BCUT2D eigenvalue weighted by molar-refractivity contribution is 5.99. The van der Waals surface area contributed by atoms with E-state index in [9.17, 15) is 4.79 Å². The number of H-pyrrole nitrogens is 1. The third-order valence-corrected chi connectivity index (χ3v) is 2.53. The van der Waals surface area contributed by atoms with Crippen LogP contribution in [0.5, 0.6) is 0 Å². The molecule has 0 saturated carbocycles. The van der Waals surface area contributed by atoms with E-state index in [1.807, 2.05) is 26.8 Å². The largest absolute Gasteiger partial charge is 0.338 e. The highest BCUT2D eigenvalue weighted by Crippen LogP contribution is 2.22. The summed E-state index contributed by atoms with van der Waals surface area (Å²) in [6, 6.07) is 1.98. The van der Waals surface area contributed by atoms with Gasteiger partial charge >= 0.3 is 0 Å². The number of hydrogen-bond donors (Lipinski definition) is 1. The van der Waals surface area contributed by atoms with Gasteiger partial charge in [0.15, 0.2) is 11.5 Å². The van der Waals surface area contributed by atoms with Crippen LogP contribution in [0.15, 0.2) is 0 Å². The Hall–Kier alpha value is -1.63. The molecule has 17 heavy (non-hydrogen) atoms. The van der Waals surface area contributed by atoms with Gasteiger partial charge in [0, 0.05) is 11.8 Å². The smallest absolute Gasteiger partial charge is 0.187 e. The first kappa shape index (κ1) is 13.4. The Bertz CT molecular complexity index is 446. The number of nitrogens with zero attached hydrogens (tertiary/aromatic N) is 2. The van der Waals surface area contributed by atoms with E-state index >= 15 is 0 Å². The Kier molecular flexibility index (Phi) is 4.06. The van der Waals surface area contributed by atoms with Crippen LogP contribution in [0, 0.1) is 16.7 Å². The number of aryl methyl sites for hydroxylation is 1. The molecule has 0 unspecified atom stereocenters. The molecule has 0 amide bonds. The number of imidazole rings is 1. The highest BCUT2D eigenvalue weighted by atomic mass is 16.1. The predicted octanol–water partition coefficient (Wildman–Crippen LogP) is 2.85. The number of unbranched alkanes of at least 4 members (excludes halogenated alkanes) is 1. The van der Waals surface area contributed by atoms with Crippen LogP contribution < -0.4 is 0 Å². The second-order valence-electron chi connectivity index (χ2n) is 5.20. The SMILES string of the molecule is CCCCc1nc(C#N)c(C(=O)C(C)(C)C)[nH]1. The minimum atomic E-state index is -0.500. The second-order valence-corrected chi connectivity index (χ2v) is 5.20. The normalized spacial score (nSPS) is 11.2. The molecule has 0 fully saturated rings. The molecule has 0 aliphatic rings. The summed E-state index contributed by atoms with van der Waals surface area (Å²) in [5, 5.41) is 8.99. The minimum Gasteiger partial charge on any atom is -0.338 e. The molecule has 4 heteroatoms. The molecule has 0 aromatic carbocycles. The van der Waals surface area contributed by atoms with Crippen molar-refractivity contribution in [3.8, 4) is 6.07 Å². The molecule has 4 nitrogen and oxygen atoms in total.